The SMILES string of the molecule is COCC(C)n1ccnc1NCC1CCCN(C)C1. The molecule has 108 valence electrons. The molecule has 2 unspecified atom stereocenters. The van der Waals surface area contributed by atoms with E-state index in [1.54, 1.807) is 7.11 Å². The zero-order valence-electron chi connectivity index (χ0n) is 12.3. The van der Waals surface area contributed by atoms with Crippen LogP contribution in [0.5, 0.6) is 0 Å². The van der Waals surface area contributed by atoms with E-state index >= 15 is 0 Å². The molecule has 1 aromatic heterocycles. The van der Waals surface area contributed by atoms with E-state index in [0.29, 0.717) is 12.6 Å². The molecule has 0 radical (unpaired) electrons. The molecule has 0 spiro atoms. The Morgan fingerprint density at radius 3 is 3.16 bits per heavy atom. The first-order chi connectivity index (χ1) is 9.20. The van der Waals surface area contributed by atoms with Gasteiger partial charge in [-0.25, -0.2) is 4.98 Å². The Morgan fingerprint density at radius 1 is 1.58 bits per heavy atom. The molecule has 2 heterocycles. The van der Waals surface area contributed by atoms with Gasteiger partial charge in [0.15, 0.2) is 0 Å². The first kappa shape index (κ1) is 14.3. The highest BCUT2D eigenvalue weighted by molar-refractivity contribution is 5.26. The molecule has 1 aliphatic heterocycles. The summed E-state index contributed by atoms with van der Waals surface area (Å²) < 4.78 is 7.36. The number of methoxy groups -OCH3 is 1. The monoisotopic (exact) mass is 266 g/mol. The van der Waals surface area contributed by atoms with Crippen LogP contribution in [0.2, 0.25) is 0 Å². The summed E-state index contributed by atoms with van der Waals surface area (Å²) >= 11 is 0. The van der Waals surface area contributed by atoms with Gasteiger partial charge in [0.2, 0.25) is 5.95 Å². The number of hydrogen-bond donors (Lipinski definition) is 1. The van der Waals surface area contributed by atoms with Gasteiger partial charge < -0.3 is 19.5 Å². The molecule has 19 heavy (non-hydrogen) atoms. The number of ether oxygens (including phenoxy) is 1. The number of anilines is 1. The van der Waals surface area contributed by atoms with Gasteiger partial charge in [-0.1, -0.05) is 0 Å². The van der Waals surface area contributed by atoms with Gasteiger partial charge in [0.25, 0.3) is 0 Å². The van der Waals surface area contributed by atoms with Crippen molar-refractivity contribution in [1.29, 1.82) is 0 Å². The first-order valence-electron chi connectivity index (χ1n) is 7.15. The van der Waals surface area contributed by atoms with Gasteiger partial charge >= 0.3 is 0 Å². The second-order valence-corrected chi connectivity index (χ2v) is 5.61. The fourth-order valence-electron chi connectivity index (χ4n) is 2.80. The lowest BCUT2D eigenvalue weighted by atomic mass is 9.99. The lowest BCUT2D eigenvalue weighted by Gasteiger charge is -2.30. The van der Waals surface area contributed by atoms with Crippen LogP contribution in [-0.2, 0) is 4.74 Å². The van der Waals surface area contributed by atoms with Crippen LogP contribution >= 0.6 is 0 Å². The molecule has 5 nitrogen and oxygen atoms in total. The van der Waals surface area contributed by atoms with E-state index in [-0.39, 0.29) is 0 Å². The maximum atomic E-state index is 5.21. The van der Waals surface area contributed by atoms with Crippen LogP contribution in [-0.4, -0.2) is 54.8 Å². The minimum Gasteiger partial charge on any atom is -0.383 e. The Hall–Kier alpha value is -1.07. The van der Waals surface area contributed by atoms with Gasteiger partial charge in [0.1, 0.15) is 0 Å². The molecule has 0 amide bonds. The van der Waals surface area contributed by atoms with Crippen LogP contribution in [0.3, 0.4) is 0 Å². The van der Waals surface area contributed by atoms with Crippen molar-refractivity contribution in [1.82, 2.24) is 14.5 Å². The van der Waals surface area contributed by atoms with E-state index in [4.69, 9.17) is 4.74 Å². The van der Waals surface area contributed by atoms with Crippen molar-refractivity contribution in [2.75, 3.05) is 45.7 Å². The summed E-state index contributed by atoms with van der Waals surface area (Å²) in [6.07, 6.45) is 6.48. The van der Waals surface area contributed by atoms with Crippen molar-refractivity contribution >= 4 is 5.95 Å². The molecular formula is C14H26N4O. The van der Waals surface area contributed by atoms with E-state index in [9.17, 15) is 0 Å². The zero-order chi connectivity index (χ0) is 13.7. The average molecular weight is 266 g/mol. The molecule has 1 saturated heterocycles. The fourth-order valence-corrected chi connectivity index (χ4v) is 2.80. The van der Waals surface area contributed by atoms with Crippen molar-refractivity contribution in [3.63, 3.8) is 0 Å². The molecule has 1 N–H and O–H groups in total. The Labute approximate surface area is 116 Å². The molecule has 0 aliphatic carbocycles. The third-order valence-corrected chi connectivity index (χ3v) is 3.82. The molecule has 0 bridgehead atoms. The molecule has 1 aliphatic rings. The molecule has 1 fully saturated rings. The van der Waals surface area contributed by atoms with Crippen LogP contribution in [0.15, 0.2) is 12.4 Å². The maximum absolute atomic E-state index is 5.21. The molecule has 2 atom stereocenters. The zero-order valence-corrected chi connectivity index (χ0v) is 12.3. The van der Waals surface area contributed by atoms with Gasteiger partial charge in [-0.3, -0.25) is 0 Å². The lowest BCUT2D eigenvalue weighted by Crippen LogP contribution is -2.35. The van der Waals surface area contributed by atoms with E-state index in [2.05, 4.69) is 33.7 Å². The van der Waals surface area contributed by atoms with Crippen LogP contribution in [0.25, 0.3) is 0 Å². The summed E-state index contributed by atoms with van der Waals surface area (Å²) in [6, 6.07) is 0.309. The number of piperidine rings is 1. The Balaban J connectivity index is 1.87. The predicted octanol–water partition coefficient (Wildman–Crippen LogP) is 1.84. The Morgan fingerprint density at radius 2 is 2.42 bits per heavy atom. The van der Waals surface area contributed by atoms with Crippen molar-refractivity contribution in [3.05, 3.63) is 12.4 Å². The van der Waals surface area contributed by atoms with Gasteiger partial charge in [-0.2, -0.15) is 0 Å². The minimum absolute atomic E-state index is 0.309. The molecule has 2 rings (SSSR count). The topological polar surface area (TPSA) is 42.3 Å². The number of imidazole rings is 1. The second-order valence-electron chi connectivity index (χ2n) is 5.61. The number of nitrogens with one attached hydrogen (secondary N) is 1. The number of hydrogen-bond acceptors (Lipinski definition) is 4. The highest BCUT2D eigenvalue weighted by atomic mass is 16.5. The summed E-state index contributed by atoms with van der Waals surface area (Å²) in [4.78, 5) is 6.82. The van der Waals surface area contributed by atoms with Gasteiger partial charge in [-0.15, -0.1) is 0 Å². The number of nitrogens with zero attached hydrogens (tertiary/aromatic N) is 3. The van der Waals surface area contributed by atoms with Crippen molar-refractivity contribution in [2.24, 2.45) is 5.92 Å². The maximum Gasteiger partial charge on any atom is 0.203 e. The summed E-state index contributed by atoms with van der Waals surface area (Å²) in [5.41, 5.74) is 0. The predicted molar refractivity (Wildman–Crippen MR) is 77.5 cm³/mol. The third kappa shape index (κ3) is 3.94. The molecule has 0 aromatic carbocycles. The molecular weight excluding hydrogens is 240 g/mol. The number of rotatable bonds is 6. The average Bonchev–Trinajstić information content (AvgIpc) is 2.85. The number of likely N-dealkylation sites (tertiary alicyclic amines) is 1. The van der Waals surface area contributed by atoms with E-state index < -0.39 is 0 Å². The van der Waals surface area contributed by atoms with Gasteiger partial charge in [-0.05, 0) is 39.3 Å². The van der Waals surface area contributed by atoms with E-state index in [0.717, 1.165) is 18.4 Å². The smallest absolute Gasteiger partial charge is 0.203 e. The summed E-state index contributed by atoms with van der Waals surface area (Å²) in [5, 5.41) is 3.49. The highest BCUT2D eigenvalue weighted by Crippen LogP contribution is 2.18. The third-order valence-electron chi connectivity index (χ3n) is 3.82. The largest absolute Gasteiger partial charge is 0.383 e. The van der Waals surface area contributed by atoms with Crippen LogP contribution in [0.4, 0.5) is 5.95 Å². The summed E-state index contributed by atoms with van der Waals surface area (Å²) in [7, 11) is 3.94. The summed E-state index contributed by atoms with van der Waals surface area (Å²) in [5.74, 6) is 1.68. The quantitative estimate of drug-likeness (QED) is 0.853. The highest BCUT2D eigenvalue weighted by Gasteiger charge is 2.18. The van der Waals surface area contributed by atoms with E-state index in [1.165, 1.54) is 25.9 Å². The standard InChI is InChI=1S/C14H26N4O/c1-12(11-19-3)18-8-6-15-14(18)16-9-13-5-4-7-17(2)10-13/h6,8,12-13H,4-5,7,9-11H2,1-3H3,(H,15,16). The normalized spacial score (nSPS) is 22.4. The van der Waals surface area contributed by atoms with Crippen molar-refractivity contribution < 1.29 is 4.74 Å². The lowest BCUT2D eigenvalue weighted by molar-refractivity contribution is 0.163. The van der Waals surface area contributed by atoms with Crippen LogP contribution in [0.1, 0.15) is 25.8 Å². The van der Waals surface area contributed by atoms with Crippen LogP contribution < -0.4 is 5.32 Å². The van der Waals surface area contributed by atoms with Crippen LogP contribution in [0, 0.1) is 5.92 Å². The molecule has 0 saturated carbocycles. The van der Waals surface area contributed by atoms with Crippen molar-refractivity contribution in [2.45, 2.75) is 25.8 Å². The summed E-state index contributed by atoms with van der Waals surface area (Å²) in [6.45, 7) is 6.26. The second kappa shape index (κ2) is 6.91. The molecule has 1 aromatic rings. The Bertz CT molecular complexity index is 379. The molecule has 5 heteroatoms. The Kier molecular flexibility index (Phi) is 5.22. The van der Waals surface area contributed by atoms with Gasteiger partial charge in [0.05, 0.1) is 12.6 Å². The van der Waals surface area contributed by atoms with Crippen molar-refractivity contribution in [3.8, 4) is 0 Å². The minimum atomic E-state index is 0.309. The first-order valence-corrected chi connectivity index (χ1v) is 7.15. The number of aromatic nitrogens is 2. The van der Waals surface area contributed by atoms with E-state index in [1.807, 2.05) is 12.4 Å². The fraction of sp³-hybridized carbons (Fsp3) is 0.786. The van der Waals surface area contributed by atoms with Gasteiger partial charge in [0, 0.05) is 32.6 Å².